The number of carbonyl (C=O) groups excluding carboxylic acids is 1. The molecule has 1 amide bonds. The van der Waals surface area contributed by atoms with Crippen LogP contribution in [0.3, 0.4) is 0 Å². The second kappa shape index (κ2) is 6.13. The lowest BCUT2D eigenvalue weighted by atomic mass is 10.1. The maximum Gasteiger partial charge on any atom is 0.284 e. The number of benzene rings is 1. The zero-order valence-electron chi connectivity index (χ0n) is 11.2. The summed E-state index contributed by atoms with van der Waals surface area (Å²) in [7, 11) is 0. The standard InChI is InChI=1S/C13H15BrN2O3S/c1-8-9(2)20-7-6-15(8)13(17)10-4-3-5-11(12(10)14)16(18)19/h3-5,8-9H,6-7H2,1-2H3. The zero-order chi connectivity index (χ0) is 14.9. The van der Waals surface area contributed by atoms with E-state index in [4.69, 9.17) is 0 Å². The lowest BCUT2D eigenvalue weighted by molar-refractivity contribution is -0.385. The Morgan fingerprint density at radius 2 is 2.20 bits per heavy atom. The van der Waals surface area contributed by atoms with Gasteiger partial charge in [0.1, 0.15) is 4.47 Å². The van der Waals surface area contributed by atoms with Gasteiger partial charge in [-0.15, -0.1) is 0 Å². The summed E-state index contributed by atoms with van der Waals surface area (Å²) >= 11 is 5.03. The first-order valence-electron chi connectivity index (χ1n) is 6.29. The average molecular weight is 359 g/mol. The van der Waals surface area contributed by atoms with Gasteiger partial charge in [0, 0.05) is 29.7 Å². The van der Waals surface area contributed by atoms with E-state index in [9.17, 15) is 14.9 Å². The van der Waals surface area contributed by atoms with Crippen LogP contribution in [0.15, 0.2) is 22.7 Å². The quantitative estimate of drug-likeness (QED) is 0.600. The number of nitro benzene ring substituents is 1. The summed E-state index contributed by atoms with van der Waals surface area (Å²) in [6, 6.07) is 4.67. The van der Waals surface area contributed by atoms with Crippen molar-refractivity contribution in [2.45, 2.75) is 25.1 Å². The van der Waals surface area contributed by atoms with Gasteiger partial charge >= 0.3 is 0 Å². The molecule has 1 aromatic rings. The number of hydrogen-bond acceptors (Lipinski definition) is 4. The molecule has 1 aromatic carbocycles. The van der Waals surface area contributed by atoms with Crippen LogP contribution in [0.2, 0.25) is 0 Å². The van der Waals surface area contributed by atoms with Crippen LogP contribution in [-0.4, -0.2) is 39.3 Å². The van der Waals surface area contributed by atoms with E-state index in [-0.39, 0.29) is 22.1 Å². The average Bonchev–Trinajstić information content (AvgIpc) is 2.41. The van der Waals surface area contributed by atoms with Crippen LogP contribution in [0.1, 0.15) is 24.2 Å². The summed E-state index contributed by atoms with van der Waals surface area (Å²) in [4.78, 5) is 24.9. The highest BCUT2D eigenvalue weighted by molar-refractivity contribution is 9.10. The first kappa shape index (κ1) is 15.3. The summed E-state index contributed by atoms with van der Waals surface area (Å²) in [5, 5.41) is 11.3. The topological polar surface area (TPSA) is 63.5 Å². The van der Waals surface area contributed by atoms with Crippen molar-refractivity contribution in [3.05, 3.63) is 38.3 Å². The summed E-state index contributed by atoms with van der Waals surface area (Å²) in [6.45, 7) is 4.78. The molecule has 0 aromatic heterocycles. The van der Waals surface area contributed by atoms with Gasteiger partial charge < -0.3 is 4.90 Å². The van der Waals surface area contributed by atoms with Crippen LogP contribution < -0.4 is 0 Å². The summed E-state index contributed by atoms with van der Waals surface area (Å²) in [5.74, 6) is 0.740. The molecule has 1 aliphatic rings. The number of carbonyl (C=O) groups is 1. The van der Waals surface area contributed by atoms with E-state index < -0.39 is 4.92 Å². The van der Waals surface area contributed by atoms with E-state index in [1.807, 2.05) is 18.7 Å². The van der Waals surface area contributed by atoms with Crippen molar-refractivity contribution in [2.24, 2.45) is 0 Å². The van der Waals surface area contributed by atoms with E-state index in [1.165, 1.54) is 6.07 Å². The van der Waals surface area contributed by atoms with E-state index in [2.05, 4.69) is 22.9 Å². The molecule has 108 valence electrons. The molecule has 0 bridgehead atoms. The number of hydrogen-bond donors (Lipinski definition) is 0. The number of nitrogens with zero attached hydrogens (tertiary/aromatic N) is 2. The Kier molecular flexibility index (Phi) is 4.70. The van der Waals surface area contributed by atoms with Crippen LogP contribution in [0, 0.1) is 10.1 Å². The second-order valence-electron chi connectivity index (χ2n) is 4.71. The van der Waals surface area contributed by atoms with Crippen molar-refractivity contribution >= 4 is 39.3 Å². The van der Waals surface area contributed by atoms with Gasteiger partial charge in [-0.2, -0.15) is 11.8 Å². The second-order valence-corrected chi connectivity index (χ2v) is 6.99. The third-order valence-corrected chi connectivity index (χ3v) is 5.72. The van der Waals surface area contributed by atoms with E-state index in [0.717, 1.165) is 5.75 Å². The van der Waals surface area contributed by atoms with Crippen molar-refractivity contribution in [3.8, 4) is 0 Å². The molecule has 5 nitrogen and oxygen atoms in total. The highest BCUT2D eigenvalue weighted by Gasteiger charge is 2.31. The zero-order valence-corrected chi connectivity index (χ0v) is 13.6. The molecule has 0 radical (unpaired) electrons. The van der Waals surface area contributed by atoms with E-state index in [1.54, 1.807) is 17.0 Å². The van der Waals surface area contributed by atoms with Crippen LogP contribution in [0.4, 0.5) is 5.69 Å². The first-order valence-corrected chi connectivity index (χ1v) is 8.13. The molecular weight excluding hydrogens is 344 g/mol. The first-order chi connectivity index (χ1) is 9.43. The maximum atomic E-state index is 12.6. The van der Waals surface area contributed by atoms with Crippen molar-refractivity contribution in [1.82, 2.24) is 4.90 Å². The third kappa shape index (κ3) is 2.83. The molecule has 20 heavy (non-hydrogen) atoms. The molecule has 2 rings (SSSR count). The summed E-state index contributed by atoms with van der Waals surface area (Å²) in [6.07, 6.45) is 0. The van der Waals surface area contributed by atoms with Crippen LogP contribution in [0.5, 0.6) is 0 Å². The van der Waals surface area contributed by atoms with Crippen molar-refractivity contribution in [1.29, 1.82) is 0 Å². The van der Waals surface area contributed by atoms with E-state index in [0.29, 0.717) is 17.4 Å². The van der Waals surface area contributed by atoms with E-state index >= 15 is 0 Å². The van der Waals surface area contributed by atoms with Crippen LogP contribution >= 0.6 is 27.7 Å². The molecule has 1 saturated heterocycles. The fraction of sp³-hybridized carbons (Fsp3) is 0.462. The summed E-state index contributed by atoms with van der Waals surface area (Å²) < 4.78 is 0.257. The molecule has 0 aliphatic carbocycles. The molecule has 0 spiro atoms. The highest BCUT2D eigenvalue weighted by Crippen LogP contribution is 2.31. The predicted molar refractivity (Wildman–Crippen MR) is 83.2 cm³/mol. The normalized spacial score (nSPS) is 22.6. The maximum absolute atomic E-state index is 12.6. The van der Waals surface area contributed by atoms with Crippen LogP contribution in [0.25, 0.3) is 0 Å². The monoisotopic (exact) mass is 358 g/mol. The Morgan fingerprint density at radius 3 is 2.85 bits per heavy atom. The van der Waals surface area contributed by atoms with Gasteiger partial charge in [0.25, 0.3) is 11.6 Å². The predicted octanol–water partition coefficient (Wildman–Crippen LogP) is 3.32. The smallest absolute Gasteiger partial charge is 0.284 e. The molecule has 1 fully saturated rings. The summed E-state index contributed by atoms with van der Waals surface area (Å²) in [5.41, 5.74) is 0.271. The van der Waals surface area contributed by atoms with Gasteiger partial charge in [-0.1, -0.05) is 13.0 Å². The minimum absolute atomic E-state index is 0.0806. The van der Waals surface area contributed by atoms with Gasteiger partial charge in [-0.05, 0) is 28.9 Å². The molecule has 0 saturated carbocycles. The Balaban J connectivity index is 2.34. The lowest BCUT2D eigenvalue weighted by Gasteiger charge is -2.37. The molecule has 7 heteroatoms. The van der Waals surface area contributed by atoms with Crippen molar-refractivity contribution in [3.63, 3.8) is 0 Å². The minimum atomic E-state index is -0.487. The fourth-order valence-corrected chi connectivity index (χ4v) is 3.88. The number of nitro groups is 1. The number of amides is 1. The lowest BCUT2D eigenvalue weighted by Crippen LogP contribution is -2.48. The Labute approximate surface area is 130 Å². The Morgan fingerprint density at radius 1 is 1.50 bits per heavy atom. The molecule has 2 unspecified atom stereocenters. The third-order valence-electron chi connectivity index (χ3n) is 3.55. The largest absolute Gasteiger partial charge is 0.334 e. The number of halogens is 1. The highest BCUT2D eigenvalue weighted by atomic mass is 79.9. The molecule has 1 aliphatic heterocycles. The molecular formula is C13H15BrN2O3S. The van der Waals surface area contributed by atoms with Gasteiger partial charge in [-0.3, -0.25) is 14.9 Å². The fourth-order valence-electron chi connectivity index (χ4n) is 2.20. The Bertz CT molecular complexity index is 552. The van der Waals surface area contributed by atoms with Crippen molar-refractivity contribution in [2.75, 3.05) is 12.3 Å². The van der Waals surface area contributed by atoms with Gasteiger partial charge in [0.2, 0.25) is 0 Å². The SMILES string of the molecule is CC1SCCN(C(=O)c2cccc([N+](=O)[O-])c2Br)C1C. The van der Waals surface area contributed by atoms with Crippen LogP contribution in [-0.2, 0) is 0 Å². The minimum Gasteiger partial charge on any atom is -0.334 e. The van der Waals surface area contributed by atoms with Gasteiger partial charge in [0.15, 0.2) is 0 Å². The number of thioether (sulfide) groups is 1. The molecule has 2 atom stereocenters. The van der Waals surface area contributed by atoms with Gasteiger partial charge in [-0.25, -0.2) is 0 Å². The number of rotatable bonds is 2. The molecule has 0 N–H and O–H groups in total. The molecule has 1 heterocycles. The van der Waals surface area contributed by atoms with Gasteiger partial charge in [0.05, 0.1) is 10.5 Å². The Hall–Kier alpha value is -1.08. The van der Waals surface area contributed by atoms with Crippen molar-refractivity contribution < 1.29 is 9.72 Å².